The van der Waals surface area contributed by atoms with Crippen LogP contribution in [0.2, 0.25) is 0 Å². The van der Waals surface area contributed by atoms with Crippen LogP contribution >= 0.6 is 23.2 Å². The van der Waals surface area contributed by atoms with Crippen molar-refractivity contribution < 1.29 is 39.5 Å². The van der Waals surface area contributed by atoms with Crippen LogP contribution in [-0.2, 0) is 9.53 Å². The number of aliphatic hydroxyl groups is 4. The first kappa shape index (κ1) is 28.5. The number of aliphatic hydroxyl groups excluding tert-OH is 1. The first-order chi connectivity index (χ1) is 18.4. The minimum Gasteiger partial charge on any atom is -0.380 e. The standard InChI is InChI=1S/C28H21Cl2NO8/c1-31-28(38)24(29)25(36,21(33)18-13-7-3-8-14-18)26(37,22(34)19-15-9-4-10-16-19)27(30,39-28)23(35)20(32)17-11-5-2-6-12-17/h2-16,20,24,32,36-38H/t20?,24-,25-,26+,27-,28?/m1/s1. The number of nitrogens with zero attached hydrogens (tertiary/aromatic N) is 1. The summed E-state index contributed by atoms with van der Waals surface area (Å²) >= 11 is 12.9. The fourth-order valence-corrected chi connectivity index (χ4v) is 5.31. The maximum atomic E-state index is 14.0. The molecule has 3 aromatic rings. The Morgan fingerprint density at radius 3 is 1.72 bits per heavy atom. The highest BCUT2D eigenvalue weighted by Gasteiger charge is 2.85. The molecule has 0 radical (unpaired) electrons. The quantitative estimate of drug-likeness (QED) is 0.193. The van der Waals surface area contributed by atoms with Gasteiger partial charge in [-0.15, -0.1) is 11.6 Å². The molecule has 6 atom stereocenters. The van der Waals surface area contributed by atoms with Crippen molar-refractivity contribution in [3.05, 3.63) is 119 Å². The summed E-state index contributed by atoms with van der Waals surface area (Å²) < 4.78 is 5.21. The largest absolute Gasteiger partial charge is 0.477 e. The second-order valence-corrected chi connectivity index (χ2v) is 9.84. The van der Waals surface area contributed by atoms with Gasteiger partial charge in [0, 0.05) is 11.1 Å². The van der Waals surface area contributed by atoms with Crippen LogP contribution < -0.4 is 0 Å². The van der Waals surface area contributed by atoms with E-state index >= 15 is 0 Å². The summed E-state index contributed by atoms with van der Waals surface area (Å²) in [5.74, 6) is -8.05. The molecule has 1 heterocycles. The van der Waals surface area contributed by atoms with Crippen molar-refractivity contribution in [1.29, 1.82) is 0 Å². The zero-order valence-electron chi connectivity index (χ0n) is 19.9. The third-order valence-corrected chi connectivity index (χ3v) is 7.73. The van der Waals surface area contributed by atoms with E-state index < -0.39 is 51.0 Å². The van der Waals surface area contributed by atoms with Crippen LogP contribution in [0.4, 0.5) is 0 Å². The molecule has 0 aliphatic carbocycles. The second kappa shape index (κ2) is 10.3. The number of Topliss-reactive ketones (excluding diaryl/α,β-unsaturated/α-hetero) is 3. The lowest BCUT2D eigenvalue weighted by Gasteiger charge is -2.54. The van der Waals surface area contributed by atoms with Crippen molar-refractivity contribution >= 4 is 40.6 Å². The molecule has 4 rings (SSSR count). The highest BCUT2D eigenvalue weighted by atomic mass is 35.5. The molecule has 0 saturated carbocycles. The first-order valence-corrected chi connectivity index (χ1v) is 12.3. The van der Waals surface area contributed by atoms with E-state index in [9.17, 15) is 34.8 Å². The molecule has 1 saturated heterocycles. The van der Waals surface area contributed by atoms with Gasteiger partial charge in [0.05, 0.1) is 0 Å². The van der Waals surface area contributed by atoms with E-state index in [1.807, 2.05) is 0 Å². The molecule has 2 unspecified atom stereocenters. The summed E-state index contributed by atoms with van der Waals surface area (Å²) in [6.07, 6.45) is -2.21. The molecule has 4 N–H and O–H groups in total. The van der Waals surface area contributed by atoms with E-state index in [0.29, 0.717) is 0 Å². The van der Waals surface area contributed by atoms with E-state index in [2.05, 4.69) is 4.85 Å². The summed E-state index contributed by atoms with van der Waals surface area (Å²) in [5, 5.41) is 40.1. The molecule has 200 valence electrons. The van der Waals surface area contributed by atoms with Gasteiger partial charge in [0.1, 0.15) is 6.10 Å². The third-order valence-electron chi connectivity index (χ3n) is 6.59. The fraction of sp³-hybridized carbons (Fsp3) is 0.214. The Balaban J connectivity index is 2.06. The molecular weight excluding hydrogens is 549 g/mol. The Labute approximate surface area is 232 Å². The molecular formula is C28H21Cl2NO8. The molecule has 1 aliphatic heterocycles. The van der Waals surface area contributed by atoms with Gasteiger partial charge in [0.25, 0.3) is 5.06 Å². The number of hydrogen-bond donors (Lipinski definition) is 4. The predicted molar refractivity (Wildman–Crippen MR) is 139 cm³/mol. The van der Waals surface area contributed by atoms with Crippen LogP contribution in [-0.4, -0.2) is 65.3 Å². The predicted octanol–water partition coefficient (Wildman–Crippen LogP) is 2.66. The molecule has 0 spiro atoms. The summed E-state index contributed by atoms with van der Waals surface area (Å²) in [5.41, 5.74) is -8.18. The van der Waals surface area contributed by atoms with Gasteiger partial charge in [-0.3, -0.25) is 19.5 Å². The number of alkyl halides is 2. The summed E-state index contributed by atoms with van der Waals surface area (Å²) in [6.45, 7) is 7.48. The van der Waals surface area contributed by atoms with Gasteiger partial charge in [0.2, 0.25) is 22.5 Å². The van der Waals surface area contributed by atoms with Gasteiger partial charge in [-0.25, -0.2) is 16.2 Å². The SMILES string of the molecule is [C-]#[N+]C1(O)O[C@](Cl)(C(=O)C(O)c2ccccc2)[C@](O)(C(=O)c2ccccc2)[C@@](O)(C(=O)c2ccccc2)[C@H]1Cl. The maximum Gasteiger partial charge on any atom is 0.477 e. The van der Waals surface area contributed by atoms with Crippen molar-refractivity contribution in [2.75, 3.05) is 0 Å². The van der Waals surface area contributed by atoms with Gasteiger partial charge < -0.3 is 15.3 Å². The van der Waals surface area contributed by atoms with Crippen LogP contribution in [0, 0.1) is 6.57 Å². The van der Waals surface area contributed by atoms with Crippen molar-refractivity contribution in [1.82, 2.24) is 0 Å². The zero-order valence-corrected chi connectivity index (χ0v) is 21.5. The molecule has 1 aliphatic rings. The lowest BCUT2D eigenvalue weighted by molar-refractivity contribution is -0.315. The molecule has 3 aromatic carbocycles. The van der Waals surface area contributed by atoms with Crippen molar-refractivity contribution in [3.63, 3.8) is 0 Å². The Morgan fingerprint density at radius 1 is 0.821 bits per heavy atom. The molecule has 0 aromatic heterocycles. The van der Waals surface area contributed by atoms with Crippen LogP contribution in [0.15, 0.2) is 91.0 Å². The van der Waals surface area contributed by atoms with Crippen molar-refractivity contribution in [2.45, 2.75) is 33.7 Å². The molecule has 9 nitrogen and oxygen atoms in total. The topological polar surface area (TPSA) is 146 Å². The lowest BCUT2D eigenvalue weighted by Crippen LogP contribution is -2.85. The molecule has 0 amide bonds. The number of halogens is 2. The number of ether oxygens (including phenoxy) is 1. The minimum absolute atomic E-state index is 0.0714. The van der Waals surface area contributed by atoms with Crippen LogP contribution in [0.5, 0.6) is 0 Å². The number of ketones is 3. The van der Waals surface area contributed by atoms with Gasteiger partial charge in [-0.05, 0) is 5.56 Å². The van der Waals surface area contributed by atoms with E-state index in [1.165, 1.54) is 84.9 Å². The monoisotopic (exact) mass is 569 g/mol. The van der Waals surface area contributed by atoms with E-state index in [0.717, 1.165) is 0 Å². The maximum absolute atomic E-state index is 14.0. The lowest BCUT2D eigenvalue weighted by atomic mass is 9.64. The zero-order chi connectivity index (χ0) is 28.6. The highest BCUT2D eigenvalue weighted by molar-refractivity contribution is 6.40. The Kier molecular flexibility index (Phi) is 7.51. The Bertz CT molecular complexity index is 1450. The first-order valence-electron chi connectivity index (χ1n) is 11.4. The van der Waals surface area contributed by atoms with Gasteiger partial charge >= 0.3 is 5.91 Å². The van der Waals surface area contributed by atoms with Crippen LogP contribution in [0.3, 0.4) is 0 Å². The summed E-state index contributed by atoms with van der Waals surface area (Å²) in [4.78, 5) is 44.6. The fourth-order valence-electron chi connectivity index (χ4n) is 4.51. The number of rotatable bonds is 7. The van der Waals surface area contributed by atoms with Crippen molar-refractivity contribution in [3.8, 4) is 0 Å². The van der Waals surface area contributed by atoms with E-state index in [1.54, 1.807) is 6.07 Å². The Morgan fingerprint density at radius 2 is 1.26 bits per heavy atom. The highest BCUT2D eigenvalue weighted by Crippen LogP contribution is 2.56. The number of carbonyl (C=O) groups is 3. The number of carbonyl (C=O) groups excluding carboxylic acids is 3. The molecule has 39 heavy (non-hydrogen) atoms. The molecule has 1 fully saturated rings. The third kappa shape index (κ3) is 4.18. The van der Waals surface area contributed by atoms with Gasteiger partial charge in [0.15, 0.2) is 11.4 Å². The van der Waals surface area contributed by atoms with Crippen molar-refractivity contribution in [2.24, 2.45) is 0 Å². The van der Waals surface area contributed by atoms with Crippen LogP contribution in [0.25, 0.3) is 4.85 Å². The Hall–Kier alpha value is -3.46. The number of benzene rings is 3. The normalized spacial score (nSPS) is 31.1. The molecule has 0 bridgehead atoms. The molecule has 11 heteroatoms. The van der Waals surface area contributed by atoms with E-state index in [4.69, 9.17) is 34.5 Å². The summed E-state index contributed by atoms with van der Waals surface area (Å²) in [7, 11) is 0. The van der Waals surface area contributed by atoms with Crippen LogP contribution in [0.1, 0.15) is 32.4 Å². The summed E-state index contributed by atoms with van der Waals surface area (Å²) in [6, 6.07) is 20.6. The minimum atomic E-state index is -3.80. The average molecular weight is 570 g/mol. The van der Waals surface area contributed by atoms with Gasteiger partial charge in [-0.2, -0.15) is 0 Å². The second-order valence-electron chi connectivity index (χ2n) is 8.87. The number of hydrogen-bond acceptors (Lipinski definition) is 8. The average Bonchev–Trinajstić information content (AvgIpc) is 2.98. The van der Waals surface area contributed by atoms with E-state index in [-0.39, 0.29) is 16.7 Å². The van der Waals surface area contributed by atoms with Gasteiger partial charge in [-0.1, -0.05) is 103 Å². The smallest absolute Gasteiger partial charge is 0.380 e.